The van der Waals surface area contributed by atoms with E-state index < -0.39 is 11.4 Å². The summed E-state index contributed by atoms with van der Waals surface area (Å²) in [5, 5.41) is 2.81. The molecule has 0 atom stereocenters. The summed E-state index contributed by atoms with van der Waals surface area (Å²) < 4.78 is 10.8. The van der Waals surface area contributed by atoms with Crippen LogP contribution in [0.5, 0.6) is 11.5 Å². The van der Waals surface area contributed by atoms with Gasteiger partial charge in [-0.05, 0) is 36.4 Å². The molecule has 0 bridgehead atoms. The van der Waals surface area contributed by atoms with Crippen LogP contribution in [-0.4, -0.2) is 24.3 Å². The van der Waals surface area contributed by atoms with Crippen LogP contribution in [0.25, 0.3) is 0 Å². The summed E-state index contributed by atoms with van der Waals surface area (Å²) in [6, 6.07) is 22.1. The molecule has 164 valence electrons. The van der Waals surface area contributed by atoms with Gasteiger partial charge in [-0.3, -0.25) is 9.59 Å². The molecule has 32 heavy (non-hydrogen) atoms. The molecule has 1 N–H and O–H groups in total. The third-order valence-electron chi connectivity index (χ3n) is 4.51. The van der Waals surface area contributed by atoms with E-state index in [2.05, 4.69) is 5.32 Å². The molecule has 6 heteroatoms. The lowest BCUT2D eigenvalue weighted by Gasteiger charge is -2.18. The lowest BCUT2D eigenvalue weighted by molar-refractivity contribution is -0.136. The number of hydrogen-bond donors (Lipinski definition) is 1. The van der Waals surface area contributed by atoms with E-state index in [4.69, 9.17) is 9.47 Å². The maximum Gasteiger partial charge on any atom is 0.349 e. The molecular formula is C26H25NO5. The van der Waals surface area contributed by atoms with Gasteiger partial charge in [0.15, 0.2) is 12.4 Å². The van der Waals surface area contributed by atoms with Gasteiger partial charge in [-0.1, -0.05) is 57.2 Å². The average Bonchev–Trinajstić information content (AvgIpc) is 2.78. The number of ketones is 1. The predicted molar refractivity (Wildman–Crippen MR) is 122 cm³/mol. The second-order valence-electron chi connectivity index (χ2n) is 8.21. The number of nitrogens with one attached hydrogen (secondary N) is 1. The maximum absolute atomic E-state index is 12.4. The van der Waals surface area contributed by atoms with Crippen molar-refractivity contribution in [3.8, 4) is 11.5 Å². The normalized spacial score (nSPS) is 10.8. The molecule has 0 aliphatic heterocycles. The Hall–Kier alpha value is -3.93. The number of amides is 1. The zero-order valence-corrected chi connectivity index (χ0v) is 18.3. The number of rotatable bonds is 7. The Morgan fingerprint density at radius 2 is 1.44 bits per heavy atom. The minimum absolute atomic E-state index is 0.106. The first kappa shape index (κ1) is 22.7. The van der Waals surface area contributed by atoms with Crippen LogP contribution in [0.2, 0.25) is 0 Å². The first-order valence-corrected chi connectivity index (χ1v) is 10.2. The smallest absolute Gasteiger partial charge is 0.349 e. The summed E-state index contributed by atoms with van der Waals surface area (Å²) in [7, 11) is 0. The first-order chi connectivity index (χ1) is 15.2. The van der Waals surface area contributed by atoms with Gasteiger partial charge in [0.05, 0.1) is 0 Å². The van der Waals surface area contributed by atoms with Crippen LogP contribution in [0.1, 0.15) is 36.7 Å². The van der Waals surface area contributed by atoms with Gasteiger partial charge >= 0.3 is 5.97 Å². The molecule has 0 spiro atoms. The van der Waals surface area contributed by atoms with Crippen LogP contribution in [-0.2, 0) is 9.59 Å². The van der Waals surface area contributed by atoms with Crippen molar-refractivity contribution < 1.29 is 23.9 Å². The van der Waals surface area contributed by atoms with Gasteiger partial charge in [0.1, 0.15) is 11.5 Å². The van der Waals surface area contributed by atoms with Gasteiger partial charge in [-0.15, -0.1) is 0 Å². The molecule has 0 unspecified atom stereocenters. The fourth-order valence-electron chi connectivity index (χ4n) is 2.72. The minimum Gasteiger partial charge on any atom is -0.482 e. The molecule has 3 aromatic carbocycles. The topological polar surface area (TPSA) is 81.7 Å². The van der Waals surface area contributed by atoms with Crippen molar-refractivity contribution in [1.29, 1.82) is 0 Å². The lowest BCUT2D eigenvalue weighted by Crippen LogP contribution is -2.27. The predicted octanol–water partition coefficient (Wildman–Crippen LogP) is 4.89. The molecule has 3 aromatic rings. The van der Waals surface area contributed by atoms with E-state index in [1.807, 2.05) is 26.8 Å². The van der Waals surface area contributed by atoms with Gasteiger partial charge < -0.3 is 14.8 Å². The Morgan fingerprint density at radius 3 is 2.09 bits per heavy atom. The Balaban J connectivity index is 1.53. The Bertz CT molecular complexity index is 1100. The lowest BCUT2D eigenvalue weighted by atomic mass is 9.95. The highest BCUT2D eigenvalue weighted by molar-refractivity contribution is 6.09. The maximum atomic E-state index is 12.4. The summed E-state index contributed by atoms with van der Waals surface area (Å²) in [6.07, 6.45) is 0. The average molecular weight is 431 g/mol. The number of carbonyl (C=O) groups excluding carboxylic acids is 3. The largest absolute Gasteiger partial charge is 0.482 e. The summed E-state index contributed by atoms with van der Waals surface area (Å²) in [5.41, 5.74) is 1.14. The van der Waals surface area contributed by atoms with E-state index >= 15 is 0 Å². The standard InChI is InChI=1S/C26H25NO5/c1-26(2,3)25(30)27-20-10-7-11-22(16-20)31-17-23(28)32-21-14-12-19(13-15-21)24(29)18-8-5-4-6-9-18/h4-16H,17H2,1-3H3,(H,27,30). The van der Waals surface area contributed by atoms with Gasteiger partial charge in [-0.25, -0.2) is 4.79 Å². The van der Waals surface area contributed by atoms with Crippen molar-refractivity contribution >= 4 is 23.3 Å². The van der Waals surface area contributed by atoms with Crippen LogP contribution >= 0.6 is 0 Å². The second-order valence-corrected chi connectivity index (χ2v) is 8.21. The zero-order chi connectivity index (χ0) is 23.1. The fourth-order valence-corrected chi connectivity index (χ4v) is 2.72. The van der Waals surface area contributed by atoms with Crippen LogP contribution < -0.4 is 14.8 Å². The fraction of sp³-hybridized carbons (Fsp3) is 0.192. The van der Waals surface area contributed by atoms with Gasteiger partial charge in [-0.2, -0.15) is 0 Å². The third kappa shape index (κ3) is 6.28. The van der Waals surface area contributed by atoms with Gasteiger partial charge in [0.2, 0.25) is 5.91 Å². The first-order valence-electron chi connectivity index (χ1n) is 10.2. The van der Waals surface area contributed by atoms with Gasteiger partial charge in [0.25, 0.3) is 0 Å². The molecule has 0 aliphatic carbocycles. The highest BCUT2D eigenvalue weighted by atomic mass is 16.6. The Kier molecular flexibility index (Phi) is 7.05. The molecule has 0 fully saturated rings. The molecule has 0 saturated carbocycles. The molecule has 0 saturated heterocycles. The Labute approximate surface area is 187 Å². The van der Waals surface area contributed by atoms with E-state index in [9.17, 15) is 14.4 Å². The number of carbonyl (C=O) groups is 3. The van der Waals surface area contributed by atoms with Crippen molar-refractivity contribution in [2.75, 3.05) is 11.9 Å². The van der Waals surface area contributed by atoms with Crippen molar-refractivity contribution in [2.24, 2.45) is 5.41 Å². The van der Waals surface area contributed by atoms with Crippen LogP contribution in [0.3, 0.4) is 0 Å². The molecule has 0 radical (unpaired) electrons. The van der Waals surface area contributed by atoms with Crippen LogP contribution in [0.4, 0.5) is 5.69 Å². The second kappa shape index (κ2) is 9.92. The highest BCUT2D eigenvalue weighted by Crippen LogP contribution is 2.21. The minimum atomic E-state index is -0.587. The quantitative estimate of drug-likeness (QED) is 0.327. The van der Waals surface area contributed by atoms with Gasteiger partial charge in [0, 0.05) is 28.3 Å². The molecule has 0 aliphatic rings. The van der Waals surface area contributed by atoms with Crippen LogP contribution in [0, 0.1) is 5.41 Å². The Morgan fingerprint density at radius 1 is 0.781 bits per heavy atom. The molecule has 0 heterocycles. The number of anilines is 1. The van der Waals surface area contributed by atoms with E-state index in [1.54, 1.807) is 72.8 Å². The van der Waals surface area contributed by atoms with Crippen molar-refractivity contribution in [3.63, 3.8) is 0 Å². The van der Waals surface area contributed by atoms with Crippen molar-refractivity contribution in [3.05, 3.63) is 90.0 Å². The summed E-state index contributed by atoms with van der Waals surface area (Å²) in [5.74, 6) is -0.0726. The van der Waals surface area contributed by atoms with Crippen LogP contribution in [0.15, 0.2) is 78.9 Å². The molecule has 3 rings (SSSR count). The third-order valence-corrected chi connectivity index (χ3v) is 4.51. The number of benzene rings is 3. The summed E-state index contributed by atoms with van der Waals surface area (Å²) >= 11 is 0. The van der Waals surface area contributed by atoms with E-state index in [-0.39, 0.29) is 18.3 Å². The van der Waals surface area contributed by atoms with Crippen molar-refractivity contribution in [2.45, 2.75) is 20.8 Å². The van der Waals surface area contributed by atoms with Crippen molar-refractivity contribution in [1.82, 2.24) is 0 Å². The van der Waals surface area contributed by atoms with E-state index in [0.717, 1.165) is 0 Å². The van der Waals surface area contributed by atoms with E-state index in [1.165, 1.54) is 0 Å². The zero-order valence-electron chi connectivity index (χ0n) is 18.3. The number of esters is 1. The van der Waals surface area contributed by atoms with E-state index in [0.29, 0.717) is 28.3 Å². The number of ether oxygens (including phenoxy) is 2. The summed E-state index contributed by atoms with van der Waals surface area (Å²) in [4.78, 5) is 36.7. The molecule has 0 aromatic heterocycles. The molecule has 6 nitrogen and oxygen atoms in total. The summed E-state index contributed by atoms with van der Waals surface area (Å²) in [6.45, 7) is 5.16. The number of hydrogen-bond acceptors (Lipinski definition) is 5. The highest BCUT2D eigenvalue weighted by Gasteiger charge is 2.21. The monoisotopic (exact) mass is 431 g/mol. The SMILES string of the molecule is CC(C)(C)C(=O)Nc1cccc(OCC(=O)Oc2ccc(C(=O)c3ccccc3)cc2)c1. The molecule has 1 amide bonds. The molecular weight excluding hydrogens is 406 g/mol.